The number of carbonyl (C=O) groups is 1. The number of nitrogens with zero attached hydrogens (tertiary/aromatic N) is 1. The zero-order chi connectivity index (χ0) is 13.8. The topological polar surface area (TPSA) is 110 Å². The smallest absolute Gasteiger partial charge is 0.247 e. The summed E-state index contributed by atoms with van der Waals surface area (Å²) >= 11 is 1.38. The van der Waals surface area contributed by atoms with Crippen molar-refractivity contribution in [2.45, 2.75) is 30.2 Å². The van der Waals surface area contributed by atoms with Gasteiger partial charge in [-0.15, -0.1) is 0 Å². The predicted molar refractivity (Wildman–Crippen MR) is 77.4 cm³/mol. The Hall–Kier alpha value is -1.73. The molecule has 0 radical (unpaired) electrons. The largest absolute Gasteiger partial charge is 0.399 e. The molecule has 102 valence electrons. The van der Waals surface area contributed by atoms with Crippen LogP contribution in [0, 0.1) is 0 Å². The Morgan fingerprint density at radius 3 is 3.05 bits per heavy atom. The molecule has 0 fully saturated rings. The number of nitrogens with one attached hydrogen (secondary N) is 2. The first-order chi connectivity index (χ1) is 9.13. The van der Waals surface area contributed by atoms with E-state index in [1.165, 1.54) is 11.8 Å². The molecule has 0 saturated heterocycles. The van der Waals surface area contributed by atoms with Gasteiger partial charge in [0.2, 0.25) is 5.91 Å². The molecule has 0 aliphatic rings. The summed E-state index contributed by atoms with van der Waals surface area (Å²) < 4.78 is 0. The van der Waals surface area contributed by atoms with Crippen LogP contribution in [0.2, 0.25) is 0 Å². The SMILES string of the molecule is CCCC(Sc1nc2ccc(N)cc2[nH]1)C(=O)NN. The average molecular weight is 279 g/mol. The van der Waals surface area contributed by atoms with E-state index in [0.29, 0.717) is 10.8 Å². The fourth-order valence-electron chi connectivity index (χ4n) is 1.79. The third kappa shape index (κ3) is 3.18. The van der Waals surface area contributed by atoms with E-state index >= 15 is 0 Å². The van der Waals surface area contributed by atoms with Crippen molar-refractivity contribution < 1.29 is 4.79 Å². The molecule has 1 aromatic carbocycles. The van der Waals surface area contributed by atoms with Gasteiger partial charge in [-0.1, -0.05) is 25.1 Å². The number of hydrogen-bond donors (Lipinski definition) is 4. The number of hydrazine groups is 1. The summed E-state index contributed by atoms with van der Waals surface area (Å²) in [4.78, 5) is 19.2. The Morgan fingerprint density at radius 1 is 1.58 bits per heavy atom. The van der Waals surface area contributed by atoms with Crippen molar-refractivity contribution in [1.29, 1.82) is 0 Å². The maximum Gasteiger partial charge on any atom is 0.247 e. The van der Waals surface area contributed by atoms with Crippen molar-refractivity contribution in [2.24, 2.45) is 5.84 Å². The van der Waals surface area contributed by atoms with Crippen molar-refractivity contribution in [3.05, 3.63) is 18.2 Å². The molecule has 0 saturated carbocycles. The van der Waals surface area contributed by atoms with Gasteiger partial charge in [-0.3, -0.25) is 10.2 Å². The van der Waals surface area contributed by atoms with Crippen LogP contribution in [0.1, 0.15) is 19.8 Å². The standard InChI is InChI=1S/C12H17N5OS/c1-2-3-10(11(18)17-14)19-12-15-8-5-4-7(13)6-9(8)16-12/h4-6,10H,2-3,13-14H2,1H3,(H,15,16)(H,17,18). The first-order valence-corrected chi connectivity index (χ1v) is 6.94. The number of fused-ring (bicyclic) bond motifs is 1. The number of aromatic amines is 1. The number of hydrogen-bond acceptors (Lipinski definition) is 5. The number of H-pyrrole nitrogens is 1. The molecule has 1 heterocycles. The lowest BCUT2D eigenvalue weighted by Gasteiger charge is -2.11. The maximum absolute atomic E-state index is 11.7. The van der Waals surface area contributed by atoms with Gasteiger partial charge in [0.05, 0.1) is 16.3 Å². The van der Waals surface area contributed by atoms with Crippen LogP contribution >= 0.6 is 11.8 Å². The van der Waals surface area contributed by atoms with Crippen LogP contribution in [0.4, 0.5) is 5.69 Å². The predicted octanol–water partition coefficient (Wildman–Crippen LogP) is 1.40. The Morgan fingerprint density at radius 2 is 2.37 bits per heavy atom. The molecule has 0 aliphatic heterocycles. The van der Waals surface area contributed by atoms with Crippen molar-refractivity contribution in [2.75, 3.05) is 5.73 Å². The van der Waals surface area contributed by atoms with Gasteiger partial charge in [0.25, 0.3) is 0 Å². The molecule has 6 N–H and O–H groups in total. The number of benzene rings is 1. The van der Waals surface area contributed by atoms with E-state index in [2.05, 4.69) is 15.4 Å². The van der Waals surface area contributed by atoms with E-state index in [9.17, 15) is 4.79 Å². The van der Waals surface area contributed by atoms with E-state index in [4.69, 9.17) is 11.6 Å². The van der Waals surface area contributed by atoms with E-state index in [1.807, 2.05) is 19.1 Å². The first-order valence-electron chi connectivity index (χ1n) is 6.06. The second kappa shape index (κ2) is 5.94. The van der Waals surface area contributed by atoms with Gasteiger partial charge in [-0.25, -0.2) is 10.8 Å². The van der Waals surface area contributed by atoms with E-state index < -0.39 is 0 Å². The Labute approximate surface area is 115 Å². The lowest BCUT2D eigenvalue weighted by atomic mass is 10.2. The average Bonchev–Trinajstić information content (AvgIpc) is 2.78. The maximum atomic E-state index is 11.7. The van der Waals surface area contributed by atoms with Crippen LogP contribution in [-0.4, -0.2) is 21.1 Å². The molecule has 1 aromatic heterocycles. The Kier molecular flexibility index (Phi) is 4.28. The fourth-order valence-corrected chi connectivity index (χ4v) is 2.91. The number of imidazole rings is 1. The Bertz CT molecular complexity index is 583. The molecule has 7 heteroatoms. The first kappa shape index (κ1) is 13.7. The summed E-state index contributed by atoms with van der Waals surface area (Å²) in [5, 5.41) is 0.454. The van der Waals surface area contributed by atoms with Gasteiger partial charge in [-0.2, -0.15) is 0 Å². The van der Waals surface area contributed by atoms with Crippen molar-refractivity contribution >= 4 is 34.4 Å². The lowest BCUT2D eigenvalue weighted by molar-refractivity contribution is -0.120. The highest BCUT2D eigenvalue weighted by Gasteiger charge is 2.19. The number of carbonyl (C=O) groups excluding carboxylic acids is 1. The molecule has 0 aliphatic carbocycles. The normalized spacial score (nSPS) is 12.5. The van der Waals surface area contributed by atoms with E-state index in [1.54, 1.807) is 6.07 Å². The van der Waals surface area contributed by atoms with Crippen LogP contribution in [0.5, 0.6) is 0 Å². The second-order valence-electron chi connectivity index (χ2n) is 4.22. The summed E-state index contributed by atoms with van der Waals surface area (Å²) in [6.45, 7) is 2.02. The summed E-state index contributed by atoms with van der Waals surface area (Å²) in [6, 6.07) is 5.47. The highest BCUT2D eigenvalue weighted by Crippen LogP contribution is 2.26. The molecule has 6 nitrogen and oxygen atoms in total. The second-order valence-corrected chi connectivity index (χ2v) is 5.41. The van der Waals surface area contributed by atoms with Crippen LogP contribution in [-0.2, 0) is 4.79 Å². The van der Waals surface area contributed by atoms with Gasteiger partial charge >= 0.3 is 0 Å². The van der Waals surface area contributed by atoms with Gasteiger partial charge in [0, 0.05) is 5.69 Å². The molecule has 2 aromatic rings. The van der Waals surface area contributed by atoms with Crippen LogP contribution in [0.15, 0.2) is 23.4 Å². The van der Waals surface area contributed by atoms with Gasteiger partial charge in [-0.05, 0) is 24.6 Å². The van der Waals surface area contributed by atoms with Gasteiger partial charge < -0.3 is 10.7 Å². The minimum Gasteiger partial charge on any atom is -0.399 e. The number of nitrogens with two attached hydrogens (primary N) is 2. The zero-order valence-electron chi connectivity index (χ0n) is 10.6. The van der Waals surface area contributed by atoms with Gasteiger partial charge in [0.15, 0.2) is 5.16 Å². The monoisotopic (exact) mass is 279 g/mol. The number of amides is 1. The highest BCUT2D eigenvalue weighted by atomic mass is 32.2. The molecule has 19 heavy (non-hydrogen) atoms. The number of aromatic nitrogens is 2. The third-order valence-corrected chi connectivity index (χ3v) is 3.87. The van der Waals surface area contributed by atoms with Crippen LogP contribution in [0.3, 0.4) is 0 Å². The number of nitrogen functional groups attached to an aromatic ring is 1. The summed E-state index contributed by atoms with van der Waals surface area (Å²) in [7, 11) is 0. The number of rotatable bonds is 5. The van der Waals surface area contributed by atoms with Crippen molar-refractivity contribution in [3.8, 4) is 0 Å². The van der Waals surface area contributed by atoms with Gasteiger partial charge in [0.1, 0.15) is 0 Å². The molecule has 0 spiro atoms. The minimum atomic E-state index is -0.243. The molecular weight excluding hydrogens is 262 g/mol. The molecule has 1 unspecified atom stereocenters. The molecular formula is C12H17N5OS. The highest BCUT2D eigenvalue weighted by molar-refractivity contribution is 8.00. The molecule has 0 bridgehead atoms. The molecule has 1 amide bonds. The number of anilines is 1. The van der Waals surface area contributed by atoms with Crippen molar-refractivity contribution in [1.82, 2.24) is 15.4 Å². The molecule has 2 rings (SSSR count). The van der Waals surface area contributed by atoms with Crippen LogP contribution < -0.4 is 17.0 Å². The van der Waals surface area contributed by atoms with Crippen LogP contribution in [0.25, 0.3) is 11.0 Å². The summed E-state index contributed by atoms with van der Waals surface area (Å²) in [5.74, 6) is 5.00. The van der Waals surface area contributed by atoms with E-state index in [0.717, 1.165) is 23.9 Å². The lowest BCUT2D eigenvalue weighted by Crippen LogP contribution is -2.37. The zero-order valence-corrected chi connectivity index (χ0v) is 11.5. The Balaban J connectivity index is 2.21. The quantitative estimate of drug-likeness (QED) is 0.217. The molecule has 1 atom stereocenters. The fraction of sp³-hybridized carbons (Fsp3) is 0.333. The van der Waals surface area contributed by atoms with Crippen molar-refractivity contribution in [3.63, 3.8) is 0 Å². The number of thioether (sulfide) groups is 1. The summed E-state index contributed by atoms with van der Waals surface area (Å²) in [6.07, 6.45) is 1.64. The third-order valence-electron chi connectivity index (χ3n) is 2.72. The minimum absolute atomic E-state index is 0.188. The summed E-state index contributed by atoms with van der Waals surface area (Å²) in [5.41, 5.74) is 10.3. The van der Waals surface area contributed by atoms with E-state index in [-0.39, 0.29) is 11.2 Å².